The van der Waals surface area contributed by atoms with Crippen LogP contribution in [0.3, 0.4) is 0 Å². The molecule has 2 N–H and O–H groups in total. The molecule has 0 saturated heterocycles. The van der Waals surface area contributed by atoms with Crippen LogP contribution in [0.25, 0.3) is 0 Å². The van der Waals surface area contributed by atoms with Crippen molar-refractivity contribution in [3.8, 4) is 11.5 Å². The average molecular weight is 436 g/mol. The van der Waals surface area contributed by atoms with Gasteiger partial charge in [-0.2, -0.15) is 0 Å². The number of benzene rings is 2. The first-order valence-electron chi connectivity index (χ1n) is 10.0. The number of hydrogen-bond acceptors (Lipinski definition) is 6. The number of nitrogens with one attached hydrogen (secondary N) is 2. The lowest BCUT2D eigenvalue weighted by atomic mass is 9.93. The summed E-state index contributed by atoms with van der Waals surface area (Å²) in [5.41, 5.74) is 2.90. The third kappa shape index (κ3) is 4.12. The molecule has 31 heavy (non-hydrogen) atoms. The zero-order valence-electron chi connectivity index (χ0n) is 16.7. The van der Waals surface area contributed by atoms with Gasteiger partial charge in [-0.3, -0.25) is 15.0 Å². The summed E-state index contributed by atoms with van der Waals surface area (Å²) in [5, 5.41) is 7.20. The van der Waals surface area contributed by atoms with E-state index in [-0.39, 0.29) is 25.3 Å². The fourth-order valence-corrected chi connectivity index (χ4v) is 4.96. The standard InChI is InChI=1S/C23H21N3O4S/c27-21(25-23(28)24-16-6-7-18-19(12-16)30-14-29-18)13-26-10-8-20-17(9-11-31-20)22(26)15-4-2-1-3-5-15/h1-7,9,11-12,22H,8,10,13-14H2,(H2,24,25,27,28)/t22-/m1/s1. The van der Waals surface area contributed by atoms with Gasteiger partial charge in [-0.15, -0.1) is 11.3 Å². The molecule has 1 atom stereocenters. The van der Waals surface area contributed by atoms with E-state index in [1.807, 2.05) is 18.2 Å². The summed E-state index contributed by atoms with van der Waals surface area (Å²) in [4.78, 5) is 28.5. The van der Waals surface area contributed by atoms with E-state index >= 15 is 0 Å². The lowest BCUT2D eigenvalue weighted by Crippen LogP contribution is -2.45. The van der Waals surface area contributed by atoms with Crippen LogP contribution in [0, 0.1) is 0 Å². The largest absolute Gasteiger partial charge is 0.454 e. The minimum Gasteiger partial charge on any atom is -0.454 e. The van der Waals surface area contributed by atoms with E-state index < -0.39 is 6.03 Å². The first-order chi connectivity index (χ1) is 15.2. The van der Waals surface area contributed by atoms with Crippen molar-refractivity contribution in [3.05, 3.63) is 76.0 Å². The maximum absolute atomic E-state index is 12.7. The number of nitrogens with zero attached hydrogens (tertiary/aromatic N) is 1. The summed E-state index contributed by atoms with van der Waals surface area (Å²) in [6, 6.07) is 16.8. The average Bonchev–Trinajstić information content (AvgIpc) is 3.43. The Balaban J connectivity index is 1.25. The van der Waals surface area contributed by atoms with Crippen molar-refractivity contribution in [2.45, 2.75) is 12.5 Å². The number of fused-ring (bicyclic) bond motifs is 2. The Hall–Kier alpha value is -3.36. The molecule has 2 aromatic carbocycles. The van der Waals surface area contributed by atoms with Crippen LogP contribution in [0.15, 0.2) is 60.0 Å². The van der Waals surface area contributed by atoms with Crippen molar-refractivity contribution in [1.82, 2.24) is 10.2 Å². The van der Waals surface area contributed by atoms with E-state index in [0.29, 0.717) is 17.2 Å². The first-order valence-corrected chi connectivity index (χ1v) is 10.9. The van der Waals surface area contributed by atoms with Gasteiger partial charge in [0.1, 0.15) is 0 Å². The van der Waals surface area contributed by atoms with E-state index in [9.17, 15) is 9.59 Å². The fourth-order valence-electron chi connectivity index (χ4n) is 4.05. The van der Waals surface area contributed by atoms with Crippen molar-refractivity contribution < 1.29 is 19.1 Å². The van der Waals surface area contributed by atoms with Gasteiger partial charge >= 0.3 is 6.03 Å². The second-order valence-electron chi connectivity index (χ2n) is 7.40. The van der Waals surface area contributed by atoms with Crippen molar-refractivity contribution in [1.29, 1.82) is 0 Å². The van der Waals surface area contributed by atoms with Crippen LogP contribution in [0.5, 0.6) is 11.5 Å². The molecule has 0 radical (unpaired) electrons. The van der Waals surface area contributed by atoms with Crippen LogP contribution in [0.4, 0.5) is 10.5 Å². The molecular weight excluding hydrogens is 414 g/mol. The maximum Gasteiger partial charge on any atom is 0.325 e. The Labute approximate surface area is 183 Å². The van der Waals surface area contributed by atoms with Crippen LogP contribution in [-0.2, 0) is 11.2 Å². The number of amides is 3. The minimum atomic E-state index is -0.576. The van der Waals surface area contributed by atoms with Gasteiger partial charge in [-0.25, -0.2) is 4.79 Å². The van der Waals surface area contributed by atoms with Gasteiger partial charge in [0.05, 0.1) is 12.6 Å². The van der Waals surface area contributed by atoms with E-state index in [2.05, 4.69) is 39.1 Å². The third-order valence-corrected chi connectivity index (χ3v) is 6.41. The highest BCUT2D eigenvalue weighted by atomic mass is 32.1. The molecule has 2 aliphatic rings. The Morgan fingerprint density at radius 2 is 1.90 bits per heavy atom. The van der Waals surface area contributed by atoms with E-state index in [0.717, 1.165) is 18.5 Å². The molecule has 1 aromatic heterocycles. The van der Waals surface area contributed by atoms with Crippen LogP contribution in [-0.4, -0.2) is 36.7 Å². The van der Waals surface area contributed by atoms with Crippen LogP contribution in [0.1, 0.15) is 22.0 Å². The molecule has 2 aliphatic heterocycles. The molecule has 0 bridgehead atoms. The maximum atomic E-state index is 12.7. The second kappa shape index (κ2) is 8.41. The zero-order chi connectivity index (χ0) is 21.2. The third-order valence-electron chi connectivity index (χ3n) is 5.41. The Kier molecular flexibility index (Phi) is 5.31. The normalized spacial score (nSPS) is 17.1. The molecule has 0 unspecified atom stereocenters. The van der Waals surface area contributed by atoms with Gasteiger partial charge in [0.15, 0.2) is 11.5 Å². The highest BCUT2D eigenvalue weighted by molar-refractivity contribution is 7.10. The lowest BCUT2D eigenvalue weighted by Gasteiger charge is -2.35. The fraction of sp³-hybridized carbons (Fsp3) is 0.217. The van der Waals surface area contributed by atoms with Gasteiger partial charge in [-0.1, -0.05) is 30.3 Å². The number of urea groups is 1. The highest BCUT2D eigenvalue weighted by Gasteiger charge is 2.31. The highest BCUT2D eigenvalue weighted by Crippen LogP contribution is 2.37. The quantitative estimate of drug-likeness (QED) is 0.652. The SMILES string of the molecule is O=C(CN1CCc2sccc2[C@H]1c1ccccc1)NC(=O)Nc1ccc2c(c1)OCO2. The Morgan fingerprint density at radius 1 is 1.06 bits per heavy atom. The summed E-state index contributed by atoms with van der Waals surface area (Å²) in [5.74, 6) is 0.847. The molecule has 0 spiro atoms. The summed E-state index contributed by atoms with van der Waals surface area (Å²) in [6.07, 6.45) is 0.896. The molecule has 0 fully saturated rings. The van der Waals surface area contributed by atoms with Crippen molar-refractivity contribution in [2.24, 2.45) is 0 Å². The predicted molar refractivity (Wildman–Crippen MR) is 118 cm³/mol. The summed E-state index contributed by atoms with van der Waals surface area (Å²) in [7, 11) is 0. The smallest absolute Gasteiger partial charge is 0.325 e. The molecule has 8 heteroatoms. The van der Waals surface area contributed by atoms with Crippen LogP contribution < -0.4 is 20.1 Å². The number of ether oxygens (including phenoxy) is 2. The minimum absolute atomic E-state index is 0.00105. The molecular formula is C23H21N3O4S. The molecule has 158 valence electrons. The summed E-state index contributed by atoms with van der Waals surface area (Å²) >= 11 is 1.75. The summed E-state index contributed by atoms with van der Waals surface area (Å²) in [6.45, 7) is 1.04. The molecule has 3 aromatic rings. The second-order valence-corrected chi connectivity index (χ2v) is 8.40. The van der Waals surface area contributed by atoms with E-state index in [1.54, 1.807) is 29.5 Å². The van der Waals surface area contributed by atoms with Crippen LogP contribution in [0.2, 0.25) is 0 Å². The molecule has 0 aliphatic carbocycles. The predicted octanol–water partition coefficient (Wildman–Crippen LogP) is 3.77. The number of imide groups is 1. The van der Waals surface area contributed by atoms with Gasteiger partial charge in [0.25, 0.3) is 0 Å². The number of rotatable bonds is 4. The monoisotopic (exact) mass is 435 g/mol. The van der Waals surface area contributed by atoms with E-state index in [4.69, 9.17) is 9.47 Å². The molecule has 7 nitrogen and oxygen atoms in total. The Morgan fingerprint density at radius 3 is 2.77 bits per heavy atom. The number of hydrogen-bond donors (Lipinski definition) is 2. The van der Waals surface area contributed by atoms with E-state index in [1.165, 1.54) is 10.4 Å². The number of carbonyl (C=O) groups excluding carboxylic acids is 2. The van der Waals surface area contributed by atoms with Gasteiger partial charge in [0.2, 0.25) is 12.7 Å². The zero-order valence-corrected chi connectivity index (χ0v) is 17.5. The van der Waals surface area contributed by atoms with Crippen LogP contribution >= 0.6 is 11.3 Å². The van der Waals surface area contributed by atoms with Crippen molar-refractivity contribution >= 4 is 29.0 Å². The molecule has 3 amide bonds. The van der Waals surface area contributed by atoms with Crippen molar-refractivity contribution in [3.63, 3.8) is 0 Å². The molecule has 5 rings (SSSR count). The number of thiophene rings is 1. The van der Waals surface area contributed by atoms with Gasteiger partial charge in [0, 0.05) is 23.2 Å². The number of anilines is 1. The van der Waals surface area contributed by atoms with Crippen molar-refractivity contribution in [2.75, 3.05) is 25.2 Å². The first kappa shape index (κ1) is 19.6. The molecule has 3 heterocycles. The molecule has 0 saturated carbocycles. The topological polar surface area (TPSA) is 79.9 Å². The van der Waals surface area contributed by atoms with Gasteiger partial charge in [-0.05, 0) is 41.1 Å². The van der Waals surface area contributed by atoms with Gasteiger partial charge < -0.3 is 14.8 Å². The summed E-state index contributed by atoms with van der Waals surface area (Å²) < 4.78 is 10.6. The lowest BCUT2D eigenvalue weighted by molar-refractivity contribution is -0.121. The Bertz CT molecular complexity index is 1120. The number of carbonyl (C=O) groups is 2.